The Bertz CT molecular complexity index is 740. The molecule has 128 valence electrons. The molecule has 1 heterocycles. The van der Waals surface area contributed by atoms with E-state index in [2.05, 4.69) is 15.6 Å². The van der Waals surface area contributed by atoms with Crippen LogP contribution in [0, 0.1) is 6.92 Å². The molecule has 1 aromatic carbocycles. The molecule has 2 aromatic rings. The van der Waals surface area contributed by atoms with E-state index in [-0.39, 0.29) is 12.5 Å². The van der Waals surface area contributed by atoms with Crippen molar-refractivity contribution in [2.45, 2.75) is 39.2 Å². The van der Waals surface area contributed by atoms with Crippen LogP contribution in [-0.2, 0) is 4.79 Å². The third kappa shape index (κ3) is 5.06. The van der Waals surface area contributed by atoms with Crippen molar-refractivity contribution in [3.8, 4) is 11.3 Å². The number of carboxylic acid groups (broad SMARTS) is 1. The van der Waals surface area contributed by atoms with E-state index in [9.17, 15) is 9.59 Å². The lowest BCUT2D eigenvalue weighted by atomic mass is 9.99. The first-order valence-corrected chi connectivity index (χ1v) is 8.47. The third-order valence-electron chi connectivity index (χ3n) is 3.49. The molecule has 0 atom stereocenters. The Hall–Kier alpha value is -2.41. The number of nitrogens with zero attached hydrogens (tertiary/aromatic N) is 1. The van der Waals surface area contributed by atoms with Crippen LogP contribution in [0.4, 0.5) is 10.5 Å². The standard InChI is InChI=1S/C17H21N3O3S/c1-11-18-14(10-24-11)12-6-4-5-7-13(12)19-16(23)20-17(2,3)9-8-15(21)22/h4-7,10H,8-9H2,1-3H3,(H,21,22)(H2,19,20,23). The van der Waals surface area contributed by atoms with Crippen LogP contribution in [0.1, 0.15) is 31.7 Å². The van der Waals surface area contributed by atoms with Gasteiger partial charge in [0.15, 0.2) is 0 Å². The number of carbonyl (C=O) groups is 2. The lowest BCUT2D eigenvalue weighted by Gasteiger charge is -2.26. The molecule has 2 rings (SSSR count). The van der Waals surface area contributed by atoms with E-state index < -0.39 is 11.5 Å². The van der Waals surface area contributed by atoms with Crippen molar-refractivity contribution in [2.24, 2.45) is 0 Å². The molecule has 6 nitrogen and oxygen atoms in total. The highest BCUT2D eigenvalue weighted by Gasteiger charge is 2.22. The third-order valence-corrected chi connectivity index (χ3v) is 4.26. The monoisotopic (exact) mass is 347 g/mol. The van der Waals surface area contributed by atoms with Crippen molar-refractivity contribution in [1.29, 1.82) is 0 Å². The highest BCUT2D eigenvalue weighted by molar-refractivity contribution is 7.09. The fourth-order valence-corrected chi connectivity index (χ4v) is 2.86. The van der Waals surface area contributed by atoms with E-state index in [1.807, 2.05) is 36.6 Å². The molecule has 0 unspecified atom stereocenters. The predicted molar refractivity (Wildman–Crippen MR) is 95.4 cm³/mol. The molecule has 0 spiro atoms. The van der Waals surface area contributed by atoms with E-state index in [0.29, 0.717) is 12.1 Å². The van der Waals surface area contributed by atoms with Crippen LogP contribution >= 0.6 is 11.3 Å². The van der Waals surface area contributed by atoms with Gasteiger partial charge in [-0.15, -0.1) is 11.3 Å². The molecule has 0 radical (unpaired) electrons. The van der Waals surface area contributed by atoms with E-state index in [1.165, 1.54) is 0 Å². The zero-order valence-corrected chi connectivity index (χ0v) is 14.7. The molecule has 1 aromatic heterocycles. The first kappa shape index (κ1) is 17.9. The Morgan fingerprint density at radius 2 is 2.00 bits per heavy atom. The average molecular weight is 347 g/mol. The van der Waals surface area contributed by atoms with Crippen molar-refractivity contribution >= 4 is 29.0 Å². The Kier molecular flexibility index (Phi) is 5.56. The quantitative estimate of drug-likeness (QED) is 0.739. The summed E-state index contributed by atoms with van der Waals surface area (Å²) in [6, 6.07) is 7.08. The van der Waals surface area contributed by atoms with Crippen molar-refractivity contribution in [1.82, 2.24) is 10.3 Å². The molecule has 2 amide bonds. The highest BCUT2D eigenvalue weighted by Crippen LogP contribution is 2.28. The lowest BCUT2D eigenvalue weighted by Crippen LogP contribution is -2.45. The first-order valence-electron chi connectivity index (χ1n) is 7.59. The second kappa shape index (κ2) is 7.44. The fraction of sp³-hybridized carbons (Fsp3) is 0.353. The van der Waals surface area contributed by atoms with Gasteiger partial charge in [-0.2, -0.15) is 0 Å². The van der Waals surface area contributed by atoms with E-state index in [4.69, 9.17) is 5.11 Å². The molecule has 3 N–H and O–H groups in total. The summed E-state index contributed by atoms with van der Waals surface area (Å²) in [5, 5.41) is 17.3. The topological polar surface area (TPSA) is 91.3 Å². The van der Waals surface area contributed by atoms with Crippen molar-refractivity contribution in [3.63, 3.8) is 0 Å². The number of carbonyl (C=O) groups excluding carboxylic acids is 1. The predicted octanol–water partition coefficient (Wildman–Crippen LogP) is 3.88. The van der Waals surface area contributed by atoms with Crippen LogP contribution in [0.15, 0.2) is 29.6 Å². The van der Waals surface area contributed by atoms with Gasteiger partial charge in [-0.1, -0.05) is 18.2 Å². The molecule has 0 saturated heterocycles. The van der Waals surface area contributed by atoms with Gasteiger partial charge in [0.2, 0.25) is 0 Å². The number of anilines is 1. The number of rotatable bonds is 6. The summed E-state index contributed by atoms with van der Waals surface area (Å²) in [6.45, 7) is 5.53. The number of carboxylic acids is 1. The van der Waals surface area contributed by atoms with E-state index in [1.54, 1.807) is 25.2 Å². The van der Waals surface area contributed by atoms with Crippen molar-refractivity contribution in [2.75, 3.05) is 5.32 Å². The minimum atomic E-state index is -0.880. The maximum atomic E-state index is 12.3. The number of para-hydroxylation sites is 1. The molecule has 24 heavy (non-hydrogen) atoms. The number of aliphatic carboxylic acids is 1. The Labute approximate surface area is 144 Å². The van der Waals surface area contributed by atoms with Gasteiger partial charge in [-0.05, 0) is 33.3 Å². The molecule has 0 aliphatic rings. The summed E-state index contributed by atoms with van der Waals surface area (Å²) >= 11 is 1.55. The number of benzene rings is 1. The maximum absolute atomic E-state index is 12.3. The van der Waals surface area contributed by atoms with Gasteiger partial charge in [0.1, 0.15) is 0 Å². The molecule has 0 saturated carbocycles. The van der Waals surface area contributed by atoms with E-state index in [0.717, 1.165) is 16.3 Å². The average Bonchev–Trinajstić information content (AvgIpc) is 2.91. The smallest absolute Gasteiger partial charge is 0.319 e. The number of thiazole rings is 1. The summed E-state index contributed by atoms with van der Waals surface area (Å²) in [5.41, 5.74) is 1.71. The van der Waals surface area contributed by atoms with Crippen LogP contribution in [0.2, 0.25) is 0 Å². The first-order chi connectivity index (χ1) is 11.3. The molecule has 7 heteroatoms. The van der Waals surface area contributed by atoms with Crippen LogP contribution in [0.5, 0.6) is 0 Å². The van der Waals surface area contributed by atoms with Gasteiger partial charge in [-0.25, -0.2) is 9.78 Å². The van der Waals surface area contributed by atoms with Crippen LogP contribution < -0.4 is 10.6 Å². The Balaban J connectivity index is 2.08. The zero-order chi connectivity index (χ0) is 17.7. The molecular formula is C17H21N3O3S. The Morgan fingerprint density at radius 1 is 1.29 bits per heavy atom. The summed E-state index contributed by atoms with van der Waals surface area (Å²) in [7, 11) is 0. The Morgan fingerprint density at radius 3 is 2.62 bits per heavy atom. The second-order valence-corrected chi connectivity index (χ2v) is 7.22. The number of hydrogen-bond donors (Lipinski definition) is 3. The number of hydrogen-bond acceptors (Lipinski definition) is 4. The van der Waals surface area contributed by atoms with Gasteiger partial charge in [0.05, 0.1) is 16.4 Å². The van der Waals surface area contributed by atoms with Gasteiger partial charge in [-0.3, -0.25) is 4.79 Å². The van der Waals surface area contributed by atoms with Gasteiger partial charge in [0.25, 0.3) is 0 Å². The molecular weight excluding hydrogens is 326 g/mol. The summed E-state index contributed by atoms with van der Waals surface area (Å²) < 4.78 is 0. The number of nitrogens with one attached hydrogen (secondary N) is 2. The summed E-state index contributed by atoms with van der Waals surface area (Å²) in [6.07, 6.45) is 0.352. The normalized spacial score (nSPS) is 11.1. The summed E-state index contributed by atoms with van der Waals surface area (Å²) in [4.78, 5) is 27.4. The fourth-order valence-electron chi connectivity index (χ4n) is 2.25. The molecule has 0 aliphatic carbocycles. The summed E-state index contributed by atoms with van der Waals surface area (Å²) in [5.74, 6) is -0.880. The molecule has 0 fully saturated rings. The molecule has 0 bridgehead atoms. The minimum absolute atomic E-state index is 0.00195. The SMILES string of the molecule is Cc1nc(-c2ccccc2NC(=O)NC(C)(C)CCC(=O)O)cs1. The van der Waals surface area contributed by atoms with Gasteiger partial charge < -0.3 is 15.7 Å². The maximum Gasteiger partial charge on any atom is 0.319 e. The molecule has 0 aliphatic heterocycles. The van der Waals surface area contributed by atoms with Crippen LogP contribution in [-0.4, -0.2) is 27.6 Å². The number of urea groups is 1. The van der Waals surface area contributed by atoms with Gasteiger partial charge >= 0.3 is 12.0 Å². The number of aromatic nitrogens is 1. The lowest BCUT2D eigenvalue weighted by molar-refractivity contribution is -0.137. The van der Waals surface area contributed by atoms with E-state index >= 15 is 0 Å². The second-order valence-electron chi connectivity index (χ2n) is 6.15. The largest absolute Gasteiger partial charge is 0.481 e. The number of aryl methyl sites for hydroxylation is 1. The van der Waals surface area contributed by atoms with Crippen LogP contribution in [0.3, 0.4) is 0 Å². The zero-order valence-electron chi connectivity index (χ0n) is 13.9. The minimum Gasteiger partial charge on any atom is -0.481 e. The van der Waals surface area contributed by atoms with Gasteiger partial charge in [0, 0.05) is 22.9 Å². The number of amides is 2. The van der Waals surface area contributed by atoms with Crippen molar-refractivity contribution in [3.05, 3.63) is 34.7 Å². The van der Waals surface area contributed by atoms with Crippen LogP contribution in [0.25, 0.3) is 11.3 Å². The van der Waals surface area contributed by atoms with Crippen molar-refractivity contribution < 1.29 is 14.7 Å². The highest BCUT2D eigenvalue weighted by atomic mass is 32.1.